The van der Waals surface area contributed by atoms with E-state index in [4.69, 9.17) is 0 Å². The summed E-state index contributed by atoms with van der Waals surface area (Å²) in [6, 6.07) is 14.4. The van der Waals surface area contributed by atoms with Gasteiger partial charge in [-0.2, -0.15) is 0 Å². The standard InChI is InChI=1S/C20H26N2OS/c1-5-22(3)14-17-8-6-7-16(11-17)13-21-20(23)19-12-18(24-4)10-9-15(19)2/h6-12H,5,13-14H2,1-4H3,(H,21,23). The summed E-state index contributed by atoms with van der Waals surface area (Å²) in [5.41, 5.74) is 4.16. The molecule has 128 valence electrons. The Morgan fingerprint density at radius 1 is 1.17 bits per heavy atom. The second-order valence-electron chi connectivity index (χ2n) is 6.01. The molecule has 0 spiro atoms. The number of rotatable bonds is 7. The molecule has 0 saturated carbocycles. The van der Waals surface area contributed by atoms with Crippen molar-refractivity contribution in [3.63, 3.8) is 0 Å². The van der Waals surface area contributed by atoms with Crippen molar-refractivity contribution in [1.82, 2.24) is 10.2 Å². The smallest absolute Gasteiger partial charge is 0.251 e. The molecule has 24 heavy (non-hydrogen) atoms. The van der Waals surface area contributed by atoms with Gasteiger partial charge in [0.05, 0.1) is 0 Å². The van der Waals surface area contributed by atoms with Gasteiger partial charge in [-0.05, 0) is 55.6 Å². The molecule has 0 atom stereocenters. The van der Waals surface area contributed by atoms with Gasteiger partial charge in [0.1, 0.15) is 0 Å². The highest BCUT2D eigenvalue weighted by Gasteiger charge is 2.10. The van der Waals surface area contributed by atoms with Crippen molar-refractivity contribution in [3.8, 4) is 0 Å². The first-order valence-electron chi connectivity index (χ1n) is 8.22. The summed E-state index contributed by atoms with van der Waals surface area (Å²) < 4.78 is 0. The van der Waals surface area contributed by atoms with Gasteiger partial charge in [0.15, 0.2) is 0 Å². The highest BCUT2D eigenvalue weighted by Crippen LogP contribution is 2.19. The zero-order valence-corrected chi connectivity index (χ0v) is 15.7. The van der Waals surface area contributed by atoms with Crippen LogP contribution in [0.2, 0.25) is 0 Å². The topological polar surface area (TPSA) is 32.3 Å². The van der Waals surface area contributed by atoms with Gasteiger partial charge in [-0.15, -0.1) is 11.8 Å². The Hall–Kier alpha value is -1.78. The normalized spacial score (nSPS) is 10.9. The monoisotopic (exact) mass is 342 g/mol. The Bertz CT molecular complexity index is 700. The quantitative estimate of drug-likeness (QED) is 0.769. The molecule has 4 heteroatoms. The first kappa shape index (κ1) is 18.6. The van der Waals surface area contributed by atoms with Crippen molar-refractivity contribution in [3.05, 3.63) is 64.7 Å². The summed E-state index contributed by atoms with van der Waals surface area (Å²) >= 11 is 1.65. The van der Waals surface area contributed by atoms with E-state index in [2.05, 4.69) is 48.5 Å². The van der Waals surface area contributed by atoms with Crippen LogP contribution in [0.3, 0.4) is 0 Å². The first-order valence-corrected chi connectivity index (χ1v) is 9.45. The number of thioether (sulfide) groups is 1. The number of aryl methyl sites for hydroxylation is 1. The van der Waals surface area contributed by atoms with E-state index in [1.54, 1.807) is 11.8 Å². The molecule has 2 aromatic carbocycles. The van der Waals surface area contributed by atoms with Crippen LogP contribution in [0.15, 0.2) is 47.4 Å². The van der Waals surface area contributed by atoms with E-state index in [0.717, 1.165) is 34.7 Å². The van der Waals surface area contributed by atoms with Gasteiger partial charge in [0.2, 0.25) is 0 Å². The van der Waals surface area contributed by atoms with Gasteiger partial charge in [0, 0.05) is 23.5 Å². The summed E-state index contributed by atoms with van der Waals surface area (Å²) in [4.78, 5) is 15.9. The molecular weight excluding hydrogens is 316 g/mol. The number of nitrogens with zero attached hydrogens (tertiary/aromatic N) is 1. The van der Waals surface area contributed by atoms with E-state index in [1.165, 1.54) is 5.56 Å². The lowest BCUT2D eigenvalue weighted by Crippen LogP contribution is -2.24. The van der Waals surface area contributed by atoms with Gasteiger partial charge >= 0.3 is 0 Å². The number of hydrogen-bond acceptors (Lipinski definition) is 3. The Morgan fingerprint density at radius 3 is 2.62 bits per heavy atom. The van der Waals surface area contributed by atoms with Crippen LogP contribution in [0.25, 0.3) is 0 Å². The second-order valence-corrected chi connectivity index (χ2v) is 6.89. The molecule has 0 heterocycles. The predicted molar refractivity (Wildman–Crippen MR) is 103 cm³/mol. The molecule has 1 amide bonds. The summed E-state index contributed by atoms with van der Waals surface area (Å²) in [5, 5.41) is 3.04. The van der Waals surface area contributed by atoms with Crippen molar-refractivity contribution in [1.29, 1.82) is 0 Å². The minimum Gasteiger partial charge on any atom is -0.348 e. The third-order valence-electron chi connectivity index (χ3n) is 4.13. The molecule has 0 aromatic heterocycles. The van der Waals surface area contributed by atoms with Gasteiger partial charge in [0.25, 0.3) is 5.91 Å². The Labute approximate surface area is 149 Å². The molecule has 0 fully saturated rings. The van der Waals surface area contributed by atoms with Crippen molar-refractivity contribution in [2.45, 2.75) is 31.8 Å². The van der Waals surface area contributed by atoms with Gasteiger partial charge in [-0.3, -0.25) is 4.79 Å². The minimum absolute atomic E-state index is 0.0144. The van der Waals surface area contributed by atoms with Crippen LogP contribution in [-0.2, 0) is 13.1 Å². The van der Waals surface area contributed by atoms with Gasteiger partial charge in [-0.1, -0.05) is 37.3 Å². The lowest BCUT2D eigenvalue weighted by Gasteiger charge is -2.15. The van der Waals surface area contributed by atoms with Crippen LogP contribution in [-0.4, -0.2) is 30.7 Å². The molecule has 0 aliphatic heterocycles. The molecule has 0 saturated heterocycles. The van der Waals surface area contributed by atoms with Crippen LogP contribution in [0, 0.1) is 6.92 Å². The summed E-state index contributed by atoms with van der Waals surface area (Å²) in [6.45, 7) is 6.61. The molecular formula is C20H26N2OS. The predicted octanol–water partition coefficient (Wildman–Crippen LogP) is 4.10. The maximum atomic E-state index is 12.5. The largest absolute Gasteiger partial charge is 0.348 e. The summed E-state index contributed by atoms with van der Waals surface area (Å²) in [7, 11) is 2.11. The van der Waals surface area contributed by atoms with Crippen LogP contribution < -0.4 is 5.32 Å². The number of carbonyl (C=O) groups excluding carboxylic acids is 1. The summed E-state index contributed by atoms with van der Waals surface area (Å²) in [5.74, 6) is -0.0144. The Kier molecular flexibility index (Phi) is 6.88. The van der Waals surface area contributed by atoms with Gasteiger partial charge in [-0.25, -0.2) is 0 Å². The average molecular weight is 343 g/mol. The van der Waals surface area contributed by atoms with Crippen LogP contribution in [0.5, 0.6) is 0 Å². The molecule has 0 radical (unpaired) electrons. The van der Waals surface area contributed by atoms with E-state index >= 15 is 0 Å². The number of nitrogens with one attached hydrogen (secondary N) is 1. The summed E-state index contributed by atoms with van der Waals surface area (Å²) in [6.07, 6.45) is 2.02. The lowest BCUT2D eigenvalue weighted by atomic mass is 10.1. The first-order chi connectivity index (χ1) is 11.5. The van der Waals surface area contributed by atoms with Crippen molar-refractivity contribution in [2.75, 3.05) is 19.8 Å². The highest BCUT2D eigenvalue weighted by atomic mass is 32.2. The molecule has 0 aliphatic carbocycles. The zero-order chi connectivity index (χ0) is 17.5. The number of hydrogen-bond donors (Lipinski definition) is 1. The fraction of sp³-hybridized carbons (Fsp3) is 0.350. The van der Waals surface area contributed by atoms with Crippen molar-refractivity contribution in [2.24, 2.45) is 0 Å². The lowest BCUT2D eigenvalue weighted by molar-refractivity contribution is 0.0950. The highest BCUT2D eigenvalue weighted by molar-refractivity contribution is 7.98. The molecule has 3 nitrogen and oxygen atoms in total. The van der Waals surface area contributed by atoms with E-state index < -0.39 is 0 Å². The van der Waals surface area contributed by atoms with Crippen LogP contribution in [0.1, 0.15) is 34.0 Å². The van der Waals surface area contributed by atoms with E-state index in [0.29, 0.717) is 6.54 Å². The second kappa shape index (κ2) is 8.90. The fourth-order valence-electron chi connectivity index (χ4n) is 2.51. The molecule has 0 bridgehead atoms. The maximum absolute atomic E-state index is 12.5. The third-order valence-corrected chi connectivity index (χ3v) is 4.85. The number of benzene rings is 2. The third kappa shape index (κ3) is 5.11. The number of amides is 1. The molecule has 0 unspecified atom stereocenters. The van der Waals surface area contributed by atoms with E-state index in [1.807, 2.05) is 31.4 Å². The van der Waals surface area contributed by atoms with Gasteiger partial charge < -0.3 is 10.2 Å². The van der Waals surface area contributed by atoms with Crippen LogP contribution in [0.4, 0.5) is 0 Å². The Morgan fingerprint density at radius 2 is 1.92 bits per heavy atom. The minimum atomic E-state index is -0.0144. The van der Waals surface area contributed by atoms with Crippen LogP contribution >= 0.6 is 11.8 Å². The molecule has 2 rings (SSSR count). The molecule has 2 aromatic rings. The fourth-order valence-corrected chi connectivity index (χ4v) is 2.95. The SMILES string of the molecule is CCN(C)Cc1cccc(CNC(=O)c2cc(SC)ccc2C)c1. The molecule has 1 N–H and O–H groups in total. The zero-order valence-electron chi connectivity index (χ0n) is 14.9. The Balaban J connectivity index is 2.03. The van der Waals surface area contributed by atoms with E-state index in [9.17, 15) is 4.79 Å². The molecule has 0 aliphatic rings. The average Bonchev–Trinajstić information content (AvgIpc) is 2.60. The van der Waals surface area contributed by atoms with E-state index in [-0.39, 0.29) is 5.91 Å². The van der Waals surface area contributed by atoms with Crippen molar-refractivity contribution >= 4 is 17.7 Å². The number of carbonyl (C=O) groups is 1. The maximum Gasteiger partial charge on any atom is 0.251 e. The van der Waals surface area contributed by atoms with Crippen molar-refractivity contribution < 1.29 is 4.79 Å².